The van der Waals surface area contributed by atoms with Gasteiger partial charge in [0.25, 0.3) is 5.69 Å². The number of nitro benzene ring substituents is 1. The molecule has 1 fully saturated rings. The van der Waals surface area contributed by atoms with E-state index in [4.69, 9.17) is 0 Å². The van der Waals surface area contributed by atoms with Gasteiger partial charge in [0.1, 0.15) is 0 Å². The third-order valence-corrected chi connectivity index (χ3v) is 2.84. The highest BCUT2D eigenvalue weighted by molar-refractivity contribution is 6.24. The second-order valence-electron chi connectivity index (χ2n) is 4.07. The van der Waals surface area contributed by atoms with Crippen LogP contribution in [0.5, 0.6) is 0 Å². The van der Waals surface area contributed by atoms with Gasteiger partial charge in [0.05, 0.1) is 16.1 Å². The van der Waals surface area contributed by atoms with Gasteiger partial charge in [0, 0.05) is 18.9 Å². The minimum atomic E-state index is -0.524. The fourth-order valence-corrected chi connectivity index (χ4v) is 1.93. The Hall–Kier alpha value is -2.30. The molecule has 1 aliphatic carbocycles. The van der Waals surface area contributed by atoms with Crippen molar-refractivity contribution in [2.75, 3.05) is 0 Å². The van der Waals surface area contributed by atoms with E-state index in [0.717, 1.165) is 0 Å². The highest BCUT2D eigenvalue weighted by Crippen LogP contribution is 2.24. The van der Waals surface area contributed by atoms with Gasteiger partial charge in [-0.05, 0) is 18.6 Å². The lowest BCUT2D eigenvalue weighted by Crippen LogP contribution is -2.18. The number of nitrogens with zero attached hydrogens (tertiary/aromatic N) is 1. The highest BCUT2D eigenvalue weighted by Gasteiger charge is 2.24. The first-order valence-electron chi connectivity index (χ1n) is 5.61. The summed E-state index contributed by atoms with van der Waals surface area (Å²) in [6.45, 7) is 0. The molecule has 2 rings (SSSR count). The van der Waals surface area contributed by atoms with Crippen molar-refractivity contribution in [2.24, 2.45) is 0 Å². The summed E-state index contributed by atoms with van der Waals surface area (Å²) in [5, 5.41) is 10.8. The van der Waals surface area contributed by atoms with Gasteiger partial charge in [0.15, 0.2) is 11.6 Å². The van der Waals surface area contributed by atoms with Crippen LogP contribution >= 0.6 is 0 Å². The van der Waals surface area contributed by atoms with Gasteiger partial charge in [-0.2, -0.15) is 0 Å². The lowest BCUT2D eigenvalue weighted by atomic mass is 9.90. The number of allylic oxidation sites excluding steroid dienone is 1. The molecule has 1 aliphatic rings. The molecule has 0 amide bonds. The highest BCUT2D eigenvalue weighted by atomic mass is 16.6. The Morgan fingerprint density at radius 3 is 2.33 bits per heavy atom. The molecule has 1 saturated carbocycles. The van der Waals surface area contributed by atoms with E-state index in [-0.39, 0.29) is 22.8 Å². The van der Waals surface area contributed by atoms with E-state index in [9.17, 15) is 19.7 Å². The molecule has 18 heavy (non-hydrogen) atoms. The number of hydrogen-bond donors (Lipinski definition) is 0. The maximum atomic E-state index is 11.6. The zero-order valence-corrected chi connectivity index (χ0v) is 9.59. The lowest BCUT2D eigenvalue weighted by molar-refractivity contribution is -0.385. The molecule has 1 aromatic carbocycles. The molecule has 0 heterocycles. The number of rotatable bonds is 2. The summed E-state index contributed by atoms with van der Waals surface area (Å²) in [5.74, 6) is -0.464. The van der Waals surface area contributed by atoms with Crippen molar-refractivity contribution < 1.29 is 14.5 Å². The molecular weight excluding hydrogens is 234 g/mol. The van der Waals surface area contributed by atoms with Crippen LogP contribution in [0.1, 0.15) is 24.8 Å². The average Bonchev–Trinajstić information content (AvgIpc) is 2.34. The van der Waals surface area contributed by atoms with Gasteiger partial charge in [-0.3, -0.25) is 19.7 Å². The molecule has 0 unspecified atom stereocenters. The van der Waals surface area contributed by atoms with Crippen molar-refractivity contribution >= 4 is 23.3 Å². The van der Waals surface area contributed by atoms with Crippen LogP contribution < -0.4 is 0 Å². The number of Topliss-reactive ketones (excluding diaryl/α,β-unsaturated/α-hetero) is 2. The number of carbonyl (C=O) groups is 2. The maximum absolute atomic E-state index is 11.6. The van der Waals surface area contributed by atoms with Crippen LogP contribution in [0.2, 0.25) is 0 Å². The van der Waals surface area contributed by atoms with Crippen molar-refractivity contribution in [2.45, 2.75) is 19.3 Å². The molecule has 0 radical (unpaired) electrons. The summed E-state index contributed by atoms with van der Waals surface area (Å²) in [6, 6.07) is 6.06. The van der Waals surface area contributed by atoms with Crippen LogP contribution in [0.4, 0.5) is 5.69 Å². The second-order valence-corrected chi connectivity index (χ2v) is 4.07. The van der Waals surface area contributed by atoms with Crippen molar-refractivity contribution in [1.29, 1.82) is 0 Å². The van der Waals surface area contributed by atoms with Gasteiger partial charge < -0.3 is 0 Å². The Morgan fingerprint density at radius 1 is 1.11 bits per heavy atom. The molecule has 0 bridgehead atoms. The van der Waals surface area contributed by atoms with Crippen LogP contribution in [0.25, 0.3) is 6.08 Å². The lowest BCUT2D eigenvalue weighted by Gasteiger charge is -2.11. The Bertz CT molecular complexity index is 542. The first-order valence-corrected chi connectivity index (χ1v) is 5.61. The molecule has 0 atom stereocenters. The summed E-state index contributed by atoms with van der Waals surface area (Å²) >= 11 is 0. The van der Waals surface area contributed by atoms with E-state index in [2.05, 4.69) is 0 Å². The molecule has 0 spiro atoms. The molecular formula is C13H11NO4. The number of nitro groups is 1. The van der Waals surface area contributed by atoms with Crippen molar-refractivity contribution in [1.82, 2.24) is 0 Å². The van der Waals surface area contributed by atoms with Crippen molar-refractivity contribution in [3.8, 4) is 0 Å². The minimum Gasteiger partial charge on any atom is -0.294 e. The van der Waals surface area contributed by atoms with Crippen LogP contribution in [-0.2, 0) is 9.59 Å². The Balaban J connectivity index is 2.46. The van der Waals surface area contributed by atoms with Gasteiger partial charge in [-0.1, -0.05) is 12.1 Å². The molecule has 0 aliphatic heterocycles. The molecule has 92 valence electrons. The number of ketones is 2. The average molecular weight is 245 g/mol. The Labute approximate surface area is 103 Å². The van der Waals surface area contributed by atoms with Gasteiger partial charge in [-0.15, -0.1) is 0 Å². The van der Waals surface area contributed by atoms with E-state index in [0.29, 0.717) is 24.8 Å². The summed E-state index contributed by atoms with van der Waals surface area (Å²) < 4.78 is 0. The molecule has 0 aromatic heterocycles. The fourth-order valence-electron chi connectivity index (χ4n) is 1.93. The third-order valence-electron chi connectivity index (χ3n) is 2.84. The predicted molar refractivity (Wildman–Crippen MR) is 64.9 cm³/mol. The summed E-state index contributed by atoms with van der Waals surface area (Å²) in [6.07, 6.45) is 2.56. The molecule has 0 N–H and O–H groups in total. The predicted octanol–water partition coefficient (Wildman–Crippen LogP) is 2.30. The monoisotopic (exact) mass is 245 g/mol. The summed E-state index contributed by atoms with van der Waals surface area (Å²) in [4.78, 5) is 33.6. The SMILES string of the molecule is O=C1CCCC(=O)C1=Cc1ccccc1[N+](=O)[O-]. The van der Waals surface area contributed by atoms with Crippen LogP contribution in [0.15, 0.2) is 29.8 Å². The number of carbonyl (C=O) groups excluding carboxylic acids is 2. The molecule has 1 aromatic rings. The largest absolute Gasteiger partial charge is 0.294 e. The number of hydrogen-bond acceptors (Lipinski definition) is 4. The van der Waals surface area contributed by atoms with E-state index in [1.54, 1.807) is 12.1 Å². The van der Waals surface area contributed by atoms with Gasteiger partial charge in [0.2, 0.25) is 0 Å². The van der Waals surface area contributed by atoms with Crippen molar-refractivity contribution in [3.63, 3.8) is 0 Å². The Kier molecular flexibility index (Phi) is 3.32. The first kappa shape index (κ1) is 12.2. The van der Waals surface area contributed by atoms with Gasteiger partial charge >= 0.3 is 0 Å². The van der Waals surface area contributed by atoms with Crippen molar-refractivity contribution in [3.05, 3.63) is 45.5 Å². The molecule has 0 saturated heterocycles. The smallest absolute Gasteiger partial charge is 0.276 e. The maximum Gasteiger partial charge on any atom is 0.276 e. The Morgan fingerprint density at radius 2 is 1.72 bits per heavy atom. The fraction of sp³-hybridized carbons (Fsp3) is 0.231. The first-order chi connectivity index (χ1) is 8.59. The zero-order valence-electron chi connectivity index (χ0n) is 9.59. The van der Waals surface area contributed by atoms with E-state index < -0.39 is 4.92 Å². The summed E-state index contributed by atoms with van der Waals surface area (Å²) in [7, 11) is 0. The van der Waals surface area contributed by atoms with Crippen LogP contribution in [-0.4, -0.2) is 16.5 Å². The van der Waals surface area contributed by atoms with Gasteiger partial charge in [-0.25, -0.2) is 0 Å². The second kappa shape index (κ2) is 4.91. The third kappa shape index (κ3) is 2.34. The molecule has 5 nitrogen and oxygen atoms in total. The van der Waals surface area contributed by atoms with Crippen LogP contribution in [0.3, 0.4) is 0 Å². The van der Waals surface area contributed by atoms with E-state index in [1.807, 2.05) is 0 Å². The zero-order chi connectivity index (χ0) is 13.1. The number of benzene rings is 1. The summed E-state index contributed by atoms with van der Waals surface area (Å²) in [5.41, 5.74) is 0.271. The number of para-hydroxylation sites is 1. The van der Waals surface area contributed by atoms with Crippen LogP contribution in [0, 0.1) is 10.1 Å². The minimum absolute atomic E-state index is 0.0792. The normalized spacial score (nSPS) is 15.7. The quantitative estimate of drug-likeness (QED) is 0.346. The van der Waals surface area contributed by atoms with E-state index in [1.165, 1.54) is 18.2 Å². The topological polar surface area (TPSA) is 77.3 Å². The molecule has 5 heteroatoms. The van der Waals surface area contributed by atoms with E-state index >= 15 is 0 Å². The standard InChI is InChI=1S/C13H11NO4/c15-12-6-3-7-13(16)10(12)8-9-4-1-2-5-11(9)14(17)18/h1-2,4-5,8H,3,6-7H2.